The van der Waals surface area contributed by atoms with Crippen molar-refractivity contribution in [3.8, 4) is 44.5 Å². The summed E-state index contributed by atoms with van der Waals surface area (Å²) in [5, 5.41) is 4.72. The Morgan fingerprint density at radius 3 is 1.43 bits per heavy atom. The maximum atomic E-state index is 6.21. The summed E-state index contributed by atoms with van der Waals surface area (Å²) in [6, 6.07) is 76.0. The van der Waals surface area contributed by atoms with Crippen molar-refractivity contribution in [3.63, 3.8) is 0 Å². The van der Waals surface area contributed by atoms with Crippen molar-refractivity contribution in [2.24, 2.45) is 0 Å². The number of benzene rings is 9. The highest BCUT2D eigenvalue weighted by Gasteiger charge is 2.16. The molecule has 0 bridgehead atoms. The summed E-state index contributed by atoms with van der Waals surface area (Å²) in [5.74, 6) is 0. The molecule has 2 nitrogen and oxygen atoms in total. The van der Waals surface area contributed by atoms with Gasteiger partial charge in [-0.15, -0.1) is 0 Å². The standard InChI is InChI=1S/C52H35NO/c1-2-9-36(10-3-1)38-17-19-39(20-18-38)40-23-27-46(28-24-40)53(48-31-32-52-50(35-48)49-15-6-7-16-51(49)54-52)47-29-25-41(26-30-47)43-13-8-14-44(33-43)45-22-21-37-11-4-5-12-42(37)34-45/h1-35H. The summed E-state index contributed by atoms with van der Waals surface area (Å²) >= 11 is 0. The van der Waals surface area contributed by atoms with Gasteiger partial charge in [0.1, 0.15) is 11.2 Å². The summed E-state index contributed by atoms with van der Waals surface area (Å²) in [5.41, 5.74) is 14.6. The minimum Gasteiger partial charge on any atom is -0.456 e. The Bertz CT molecular complexity index is 2900. The third-order valence-corrected chi connectivity index (χ3v) is 10.5. The van der Waals surface area contributed by atoms with Crippen LogP contribution in [0.4, 0.5) is 17.1 Å². The molecule has 1 aromatic heterocycles. The minimum atomic E-state index is 0.885. The molecule has 0 saturated carbocycles. The molecule has 0 aliphatic heterocycles. The van der Waals surface area contributed by atoms with Crippen LogP contribution in [0.1, 0.15) is 0 Å². The third kappa shape index (κ3) is 5.90. The number of para-hydroxylation sites is 1. The molecule has 10 rings (SSSR count). The summed E-state index contributed by atoms with van der Waals surface area (Å²) in [6.07, 6.45) is 0. The Morgan fingerprint density at radius 2 is 0.722 bits per heavy atom. The first-order valence-electron chi connectivity index (χ1n) is 18.4. The van der Waals surface area contributed by atoms with E-state index in [4.69, 9.17) is 4.42 Å². The van der Waals surface area contributed by atoms with E-state index in [-0.39, 0.29) is 0 Å². The van der Waals surface area contributed by atoms with Gasteiger partial charge in [-0.2, -0.15) is 0 Å². The monoisotopic (exact) mass is 689 g/mol. The number of rotatable bonds is 7. The van der Waals surface area contributed by atoms with Crippen LogP contribution in [-0.4, -0.2) is 0 Å². The Labute approximate surface area is 314 Å². The summed E-state index contributed by atoms with van der Waals surface area (Å²) in [4.78, 5) is 2.33. The van der Waals surface area contributed by atoms with Crippen LogP contribution in [0.3, 0.4) is 0 Å². The SMILES string of the molecule is c1ccc(-c2ccc(-c3ccc(N(c4ccc(-c5cccc(-c6ccc7ccccc7c6)c5)cc4)c4ccc5oc6ccccc6c5c4)cc3)cc2)cc1. The van der Waals surface area contributed by atoms with Gasteiger partial charge in [0.2, 0.25) is 0 Å². The van der Waals surface area contributed by atoms with Crippen LogP contribution < -0.4 is 4.90 Å². The van der Waals surface area contributed by atoms with E-state index in [0.717, 1.165) is 39.0 Å². The molecule has 0 aliphatic rings. The average Bonchev–Trinajstić information content (AvgIpc) is 3.63. The normalized spacial score (nSPS) is 11.3. The zero-order valence-corrected chi connectivity index (χ0v) is 29.6. The third-order valence-electron chi connectivity index (χ3n) is 10.5. The quantitative estimate of drug-likeness (QED) is 0.166. The molecule has 9 aromatic carbocycles. The number of furan rings is 1. The number of anilines is 3. The Kier molecular flexibility index (Phi) is 7.85. The molecule has 0 radical (unpaired) electrons. The van der Waals surface area contributed by atoms with E-state index >= 15 is 0 Å². The van der Waals surface area contributed by atoms with E-state index in [0.29, 0.717) is 0 Å². The fourth-order valence-electron chi connectivity index (χ4n) is 7.64. The molecule has 0 atom stereocenters. The smallest absolute Gasteiger partial charge is 0.135 e. The lowest BCUT2D eigenvalue weighted by molar-refractivity contribution is 0.669. The van der Waals surface area contributed by atoms with Crippen LogP contribution in [-0.2, 0) is 0 Å². The number of hydrogen-bond donors (Lipinski definition) is 0. The van der Waals surface area contributed by atoms with Gasteiger partial charge in [-0.1, -0.05) is 152 Å². The summed E-state index contributed by atoms with van der Waals surface area (Å²) < 4.78 is 6.21. The highest BCUT2D eigenvalue weighted by Crippen LogP contribution is 2.40. The van der Waals surface area contributed by atoms with Crippen molar-refractivity contribution in [3.05, 3.63) is 212 Å². The molecule has 0 saturated heterocycles. The first-order chi connectivity index (χ1) is 26.7. The lowest BCUT2D eigenvalue weighted by Crippen LogP contribution is -2.09. The van der Waals surface area contributed by atoms with E-state index in [1.54, 1.807) is 0 Å². The highest BCUT2D eigenvalue weighted by molar-refractivity contribution is 6.06. The van der Waals surface area contributed by atoms with Gasteiger partial charge in [-0.05, 0) is 116 Å². The van der Waals surface area contributed by atoms with Gasteiger partial charge in [0.25, 0.3) is 0 Å². The van der Waals surface area contributed by atoms with Crippen molar-refractivity contribution in [2.75, 3.05) is 4.90 Å². The van der Waals surface area contributed by atoms with Crippen molar-refractivity contribution < 1.29 is 4.42 Å². The molecule has 2 heteroatoms. The lowest BCUT2D eigenvalue weighted by atomic mass is 9.97. The van der Waals surface area contributed by atoms with E-state index < -0.39 is 0 Å². The molecule has 0 aliphatic carbocycles. The van der Waals surface area contributed by atoms with Gasteiger partial charge >= 0.3 is 0 Å². The molecule has 0 N–H and O–H groups in total. The molecular formula is C52H35NO. The molecule has 10 aromatic rings. The number of hydrogen-bond acceptors (Lipinski definition) is 2. The molecule has 0 spiro atoms. The average molecular weight is 690 g/mol. The second-order valence-corrected chi connectivity index (χ2v) is 13.8. The Balaban J connectivity index is 1.01. The fourth-order valence-corrected chi connectivity index (χ4v) is 7.64. The van der Waals surface area contributed by atoms with Crippen LogP contribution >= 0.6 is 0 Å². The van der Waals surface area contributed by atoms with Crippen LogP contribution in [0.5, 0.6) is 0 Å². The Morgan fingerprint density at radius 1 is 0.259 bits per heavy atom. The van der Waals surface area contributed by atoms with Gasteiger partial charge in [0, 0.05) is 27.8 Å². The zero-order valence-electron chi connectivity index (χ0n) is 29.6. The maximum absolute atomic E-state index is 6.21. The zero-order chi connectivity index (χ0) is 35.8. The van der Waals surface area contributed by atoms with E-state index in [2.05, 4.69) is 205 Å². The first kappa shape index (κ1) is 31.6. The van der Waals surface area contributed by atoms with E-state index in [1.807, 2.05) is 12.1 Å². The molecule has 0 amide bonds. The summed E-state index contributed by atoms with van der Waals surface area (Å²) in [6.45, 7) is 0. The van der Waals surface area contributed by atoms with Crippen molar-refractivity contribution in [2.45, 2.75) is 0 Å². The molecule has 0 unspecified atom stereocenters. The molecular weight excluding hydrogens is 655 g/mol. The van der Waals surface area contributed by atoms with Crippen LogP contribution in [0.25, 0.3) is 77.2 Å². The maximum Gasteiger partial charge on any atom is 0.135 e. The van der Waals surface area contributed by atoms with Gasteiger partial charge < -0.3 is 9.32 Å². The van der Waals surface area contributed by atoms with Gasteiger partial charge in [0.05, 0.1) is 0 Å². The van der Waals surface area contributed by atoms with Crippen LogP contribution in [0, 0.1) is 0 Å². The topological polar surface area (TPSA) is 16.4 Å². The van der Waals surface area contributed by atoms with Crippen molar-refractivity contribution >= 4 is 49.8 Å². The van der Waals surface area contributed by atoms with E-state index in [1.165, 1.54) is 55.3 Å². The predicted molar refractivity (Wildman–Crippen MR) is 228 cm³/mol. The Hall–Kier alpha value is -7.16. The highest BCUT2D eigenvalue weighted by atomic mass is 16.3. The first-order valence-corrected chi connectivity index (χ1v) is 18.4. The van der Waals surface area contributed by atoms with Crippen molar-refractivity contribution in [1.82, 2.24) is 0 Å². The predicted octanol–water partition coefficient (Wildman–Crippen LogP) is 14.9. The van der Waals surface area contributed by atoms with Gasteiger partial charge in [-0.25, -0.2) is 0 Å². The molecule has 254 valence electrons. The van der Waals surface area contributed by atoms with Crippen LogP contribution in [0.15, 0.2) is 217 Å². The fraction of sp³-hybridized carbons (Fsp3) is 0. The molecule has 1 heterocycles. The largest absolute Gasteiger partial charge is 0.456 e. The minimum absolute atomic E-state index is 0.885. The lowest BCUT2D eigenvalue weighted by Gasteiger charge is -2.26. The number of fused-ring (bicyclic) bond motifs is 4. The van der Waals surface area contributed by atoms with Gasteiger partial charge in [0.15, 0.2) is 0 Å². The number of nitrogens with zero attached hydrogens (tertiary/aromatic N) is 1. The second kappa shape index (κ2) is 13.4. The molecule has 0 fully saturated rings. The van der Waals surface area contributed by atoms with Crippen LogP contribution in [0.2, 0.25) is 0 Å². The van der Waals surface area contributed by atoms with E-state index in [9.17, 15) is 0 Å². The summed E-state index contributed by atoms with van der Waals surface area (Å²) in [7, 11) is 0. The second-order valence-electron chi connectivity index (χ2n) is 13.8. The van der Waals surface area contributed by atoms with Gasteiger partial charge in [-0.3, -0.25) is 0 Å². The molecule has 54 heavy (non-hydrogen) atoms. The van der Waals surface area contributed by atoms with Crippen molar-refractivity contribution in [1.29, 1.82) is 0 Å².